The molecule has 3 aromatic rings. The third-order valence-corrected chi connectivity index (χ3v) is 8.95. The van der Waals surface area contributed by atoms with Gasteiger partial charge in [-0.15, -0.1) is 0 Å². The van der Waals surface area contributed by atoms with E-state index >= 15 is 0 Å². The first-order chi connectivity index (χ1) is 18.1. The summed E-state index contributed by atoms with van der Waals surface area (Å²) in [6.07, 6.45) is 8.97. The molecule has 0 bridgehead atoms. The first-order valence-corrected chi connectivity index (χ1v) is 14.0. The highest BCUT2D eigenvalue weighted by Gasteiger charge is 2.40. The summed E-state index contributed by atoms with van der Waals surface area (Å²) in [5.41, 5.74) is 2.76. The van der Waals surface area contributed by atoms with Crippen molar-refractivity contribution in [3.63, 3.8) is 0 Å². The van der Waals surface area contributed by atoms with Crippen LogP contribution >= 0.6 is 11.3 Å². The fourth-order valence-electron chi connectivity index (χ4n) is 5.60. The maximum Gasteiger partial charge on any atom is 0.229 e. The summed E-state index contributed by atoms with van der Waals surface area (Å²) in [4.78, 5) is 28.8. The van der Waals surface area contributed by atoms with Gasteiger partial charge in [0.25, 0.3) is 0 Å². The lowest BCUT2D eigenvalue weighted by Crippen LogP contribution is -2.47. The molecule has 0 radical (unpaired) electrons. The molecule has 6 rings (SSSR count). The summed E-state index contributed by atoms with van der Waals surface area (Å²) in [6.45, 7) is 2.33. The van der Waals surface area contributed by atoms with E-state index in [0.29, 0.717) is 29.7 Å². The second-order valence-corrected chi connectivity index (χ2v) is 11.4. The quantitative estimate of drug-likeness (QED) is 0.461. The zero-order chi connectivity index (χ0) is 25.4. The number of hydrogen-bond donors (Lipinski definition) is 2. The summed E-state index contributed by atoms with van der Waals surface area (Å²) in [7, 11) is 1.77. The number of amides is 1. The molecule has 0 spiro atoms. The van der Waals surface area contributed by atoms with Crippen LogP contribution in [0.2, 0.25) is 0 Å². The summed E-state index contributed by atoms with van der Waals surface area (Å²) in [6, 6.07) is 6.51. The molecule has 2 aromatic heterocycles. The van der Waals surface area contributed by atoms with Crippen molar-refractivity contribution in [1.82, 2.24) is 19.9 Å². The lowest BCUT2D eigenvalue weighted by Gasteiger charge is -2.40. The van der Waals surface area contributed by atoms with Crippen LogP contribution < -0.4 is 5.32 Å². The number of anilines is 1. The van der Waals surface area contributed by atoms with E-state index in [-0.39, 0.29) is 24.0 Å². The molecule has 3 atom stereocenters. The second kappa shape index (κ2) is 10.7. The molecule has 196 valence electrons. The van der Waals surface area contributed by atoms with Crippen LogP contribution in [0.25, 0.3) is 21.3 Å². The van der Waals surface area contributed by atoms with Crippen molar-refractivity contribution in [3.8, 4) is 11.1 Å². The Morgan fingerprint density at radius 1 is 1.19 bits per heavy atom. The van der Waals surface area contributed by atoms with Crippen LogP contribution in [0.4, 0.5) is 5.13 Å². The van der Waals surface area contributed by atoms with E-state index in [1.165, 1.54) is 11.3 Å². The predicted molar refractivity (Wildman–Crippen MR) is 141 cm³/mol. The molecule has 1 aromatic carbocycles. The standard InChI is InChI=1S/C27H33N5O4S/c1-35-20-7-8-32(14-20)19-9-17(10-19)26(34)31-27-30-21-6-5-16(11-24(21)37-27)18-12-28-25(29-13-18)15-36-23-4-2-3-22(23)33/h5-6,11-13,17,19-20,22-23,33H,2-4,7-10,14-15H2,1H3,(H,30,31,34)/t17?,19?,20-,22+,23+/m1/s1. The number of nitrogens with zero attached hydrogens (tertiary/aromatic N) is 4. The van der Waals surface area contributed by atoms with Crippen molar-refractivity contribution in [2.45, 2.75) is 69.5 Å². The Morgan fingerprint density at radius 2 is 2.03 bits per heavy atom. The van der Waals surface area contributed by atoms with Crippen LogP contribution in [-0.4, -0.2) is 75.4 Å². The molecule has 9 nitrogen and oxygen atoms in total. The first-order valence-electron chi connectivity index (χ1n) is 13.1. The largest absolute Gasteiger partial charge is 0.390 e. The molecular formula is C27H33N5O4S. The van der Waals surface area contributed by atoms with Gasteiger partial charge in [-0.25, -0.2) is 15.0 Å². The van der Waals surface area contributed by atoms with E-state index in [1.54, 1.807) is 19.5 Å². The van der Waals surface area contributed by atoms with Crippen LogP contribution in [-0.2, 0) is 20.9 Å². The molecule has 2 saturated carbocycles. The Morgan fingerprint density at radius 3 is 2.76 bits per heavy atom. The monoisotopic (exact) mass is 523 g/mol. The Bertz CT molecular complexity index is 1250. The third kappa shape index (κ3) is 5.39. The number of hydrogen-bond acceptors (Lipinski definition) is 9. The number of carbonyl (C=O) groups excluding carboxylic acids is 1. The van der Waals surface area contributed by atoms with Gasteiger partial charge in [-0.2, -0.15) is 0 Å². The van der Waals surface area contributed by atoms with E-state index < -0.39 is 0 Å². The number of carbonyl (C=O) groups is 1. The number of fused-ring (bicyclic) bond motifs is 1. The molecule has 2 N–H and O–H groups in total. The van der Waals surface area contributed by atoms with Crippen molar-refractivity contribution in [2.24, 2.45) is 5.92 Å². The van der Waals surface area contributed by atoms with Crippen molar-refractivity contribution in [2.75, 3.05) is 25.5 Å². The number of benzene rings is 1. The average molecular weight is 524 g/mol. The van der Waals surface area contributed by atoms with E-state index in [0.717, 1.165) is 73.0 Å². The molecule has 3 aliphatic rings. The first kappa shape index (κ1) is 24.8. The van der Waals surface area contributed by atoms with Gasteiger partial charge >= 0.3 is 0 Å². The molecule has 1 amide bonds. The number of thiazole rings is 1. The molecule has 3 fully saturated rings. The van der Waals surface area contributed by atoms with Gasteiger partial charge < -0.3 is 19.9 Å². The summed E-state index contributed by atoms with van der Waals surface area (Å²) in [5, 5.41) is 13.6. The molecule has 10 heteroatoms. The lowest BCUT2D eigenvalue weighted by molar-refractivity contribution is -0.124. The number of rotatable bonds is 8. The van der Waals surface area contributed by atoms with Crippen LogP contribution in [0.3, 0.4) is 0 Å². The number of aliphatic hydroxyl groups excluding tert-OH is 1. The Hall–Kier alpha value is -2.50. The SMILES string of the molecule is CO[C@@H]1CCN(C2CC(C(=O)Nc3nc4ccc(-c5cnc(CO[C@H]6CCC[C@@H]6O)nc5)cc4s3)C2)C1. The van der Waals surface area contributed by atoms with Gasteiger partial charge in [0, 0.05) is 50.1 Å². The maximum atomic E-state index is 12.8. The summed E-state index contributed by atoms with van der Waals surface area (Å²) >= 11 is 1.49. The molecule has 1 saturated heterocycles. The molecule has 37 heavy (non-hydrogen) atoms. The minimum atomic E-state index is -0.384. The summed E-state index contributed by atoms with van der Waals surface area (Å²) < 4.78 is 12.3. The van der Waals surface area contributed by atoms with Crippen molar-refractivity contribution < 1.29 is 19.4 Å². The fourth-order valence-corrected chi connectivity index (χ4v) is 6.51. The van der Waals surface area contributed by atoms with Gasteiger partial charge in [0.15, 0.2) is 11.0 Å². The topological polar surface area (TPSA) is 110 Å². The van der Waals surface area contributed by atoms with Gasteiger partial charge in [-0.1, -0.05) is 17.4 Å². The van der Waals surface area contributed by atoms with Crippen LogP contribution in [0.1, 0.15) is 44.3 Å². The second-order valence-electron chi connectivity index (χ2n) is 10.4. The van der Waals surface area contributed by atoms with E-state index in [4.69, 9.17) is 9.47 Å². The molecule has 0 unspecified atom stereocenters. The average Bonchev–Trinajstić information content (AvgIpc) is 3.61. The number of methoxy groups -OCH3 is 1. The maximum absolute atomic E-state index is 12.8. The highest BCUT2D eigenvalue weighted by Crippen LogP contribution is 2.36. The summed E-state index contributed by atoms with van der Waals surface area (Å²) in [5.74, 6) is 0.716. The number of aliphatic hydroxyl groups is 1. The van der Waals surface area contributed by atoms with E-state index in [9.17, 15) is 9.90 Å². The van der Waals surface area contributed by atoms with Crippen LogP contribution in [0, 0.1) is 5.92 Å². The van der Waals surface area contributed by atoms with Crippen molar-refractivity contribution in [3.05, 3.63) is 36.4 Å². The normalized spacial score (nSPS) is 28.0. The minimum Gasteiger partial charge on any atom is -0.390 e. The van der Waals surface area contributed by atoms with Gasteiger partial charge in [0.2, 0.25) is 5.91 Å². The number of likely N-dealkylation sites (tertiary alicyclic amines) is 1. The van der Waals surface area contributed by atoms with Crippen LogP contribution in [0.5, 0.6) is 0 Å². The molecular weight excluding hydrogens is 490 g/mol. The van der Waals surface area contributed by atoms with Crippen molar-refractivity contribution in [1.29, 1.82) is 0 Å². The number of aromatic nitrogens is 3. The zero-order valence-corrected chi connectivity index (χ0v) is 21.8. The molecule has 3 heterocycles. The molecule has 2 aliphatic carbocycles. The fraction of sp³-hybridized carbons (Fsp3) is 0.556. The van der Waals surface area contributed by atoms with Crippen LogP contribution in [0.15, 0.2) is 30.6 Å². The highest BCUT2D eigenvalue weighted by atomic mass is 32.1. The Balaban J connectivity index is 1.04. The van der Waals surface area contributed by atoms with E-state index in [2.05, 4.69) is 31.2 Å². The molecule has 1 aliphatic heterocycles. The van der Waals surface area contributed by atoms with Gasteiger partial charge in [0.05, 0.1) is 28.5 Å². The lowest BCUT2D eigenvalue weighted by atomic mass is 9.79. The number of nitrogens with one attached hydrogen (secondary N) is 1. The minimum absolute atomic E-state index is 0.0470. The Kier molecular flexibility index (Phi) is 7.18. The predicted octanol–water partition coefficient (Wildman–Crippen LogP) is 3.62. The van der Waals surface area contributed by atoms with E-state index in [1.807, 2.05) is 12.1 Å². The van der Waals surface area contributed by atoms with Crippen molar-refractivity contribution >= 4 is 32.6 Å². The van der Waals surface area contributed by atoms with Gasteiger partial charge in [0.1, 0.15) is 6.61 Å². The smallest absolute Gasteiger partial charge is 0.229 e. The van der Waals surface area contributed by atoms with Gasteiger partial charge in [-0.3, -0.25) is 9.69 Å². The highest BCUT2D eigenvalue weighted by molar-refractivity contribution is 7.22. The van der Waals surface area contributed by atoms with Gasteiger partial charge in [-0.05, 0) is 56.2 Å². The number of ether oxygens (including phenoxy) is 2. The third-order valence-electron chi connectivity index (χ3n) is 8.01. The Labute approximate surface area is 220 Å². The zero-order valence-electron chi connectivity index (χ0n) is 21.0.